The Hall–Kier alpha value is -1.98. The summed E-state index contributed by atoms with van der Waals surface area (Å²) in [5, 5.41) is 9.70. The minimum Gasteiger partial charge on any atom is -0.493 e. The lowest BCUT2D eigenvalue weighted by Gasteiger charge is -2.23. The maximum absolute atomic E-state index is 9.70. The molecular weight excluding hydrogens is 282 g/mol. The predicted molar refractivity (Wildman–Crippen MR) is 84.0 cm³/mol. The summed E-state index contributed by atoms with van der Waals surface area (Å²) < 4.78 is 16.0. The summed E-state index contributed by atoms with van der Waals surface area (Å²) in [7, 11) is 3.24. The van der Waals surface area contributed by atoms with Gasteiger partial charge in [-0.1, -0.05) is 6.07 Å². The Morgan fingerprint density at radius 2 is 1.91 bits per heavy atom. The van der Waals surface area contributed by atoms with Crippen LogP contribution in [0.5, 0.6) is 11.5 Å². The van der Waals surface area contributed by atoms with E-state index >= 15 is 0 Å². The van der Waals surface area contributed by atoms with Crippen molar-refractivity contribution in [3.8, 4) is 11.5 Å². The third-order valence-corrected chi connectivity index (χ3v) is 3.34. The Morgan fingerprint density at radius 3 is 2.50 bits per heavy atom. The molecule has 0 spiro atoms. The van der Waals surface area contributed by atoms with Gasteiger partial charge in [0.2, 0.25) is 0 Å². The molecule has 0 aliphatic rings. The van der Waals surface area contributed by atoms with E-state index in [-0.39, 0.29) is 0 Å². The van der Waals surface area contributed by atoms with Crippen LogP contribution in [-0.2, 0) is 13.1 Å². The first-order chi connectivity index (χ1) is 10.6. The molecule has 22 heavy (non-hydrogen) atoms. The molecule has 0 aliphatic heterocycles. The SMILES string of the molecule is COc1ccc(CN(Cc2ccco2)CC(C)O)cc1OC. The smallest absolute Gasteiger partial charge is 0.161 e. The van der Waals surface area contributed by atoms with Gasteiger partial charge in [-0.2, -0.15) is 0 Å². The first-order valence-electron chi connectivity index (χ1n) is 7.26. The van der Waals surface area contributed by atoms with E-state index < -0.39 is 6.10 Å². The average Bonchev–Trinajstić information content (AvgIpc) is 2.99. The van der Waals surface area contributed by atoms with Crippen molar-refractivity contribution in [2.75, 3.05) is 20.8 Å². The Morgan fingerprint density at radius 1 is 1.14 bits per heavy atom. The number of benzene rings is 1. The number of aliphatic hydroxyl groups is 1. The zero-order valence-corrected chi connectivity index (χ0v) is 13.3. The van der Waals surface area contributed by atoms with Crippen molar-refractivity contribution >= 4 is 0 Å². The number of hydrogen-bond acceptors (Lipinski definition) is 5. The molecular formula is C17H23NO4. The monoisotopic (exact) mass is 305 g/mol. The van der Waals surface area contributed by atoms with Crippen LogP contribution in [0.4, 0.5) is 0 Å². The molecule has 0 fully saturated rings. The van der Waals surface area contributed by atoms with Crippen LogP contribution in [-0.4, -0.2) is 36.9 Å². The maximum Gasteiger partial charge on any atom is 0.161 e. The van der Waals surface area contributed by atoms with Crippen LogP contribution in [0.1, 0.15) is 18.2 Å². The van der Waals surface area contributed by atoms with Gasteiger partial charge in [0.1, 0.15) is 5.76 Å². The number of rotatable bonds is 8. The number of aliphatic hydroxyl groups excluding tert-OH is 1. The lowest BCUT2D eigenvalue weighted by atomic mass is 10.1. The molecule has 2 rings (SSSR count). The summed E-state index contributed by atoms with van der Waals surface area (Å²) in [5.74, 6) is 2.29. The van der Waals surface area contributed by atoms with E-state index in [4.69, 9.17) is 13.9 Å². The summed E-state index contributed by atoms with van der Waals surface area (Å²) in [5.41, 5.74) is 1.09. The van der Waals surface area contributed by atoms with Crippen molar-refractivity contribution in [1.29, 1.82) is 0 Å². The van der Waals surface area contributed by atoms with Crippen LogP contribution in [0.3, 0.4) is 0 Å². The fourth-order valence-corrected chi connectivity index (χ4v) is 2.42. The van der Waals surface area contributed by atoms with Gasteiger partial charge < -0.3 is 19.0 Å². The van der Waals surface area contributed by atoms with Gasteiger partial charge >= 0.3 is 0 Å². The lowest BCUT2D eigenvalue weighted by molar-refractivity contribution is 0.113. The van der Waals surface area contributed by atoms with Gasteiger partial charge in [0.05, 0.1) is 33.1 Å². The minimum absolute atomic E-state index is 0.407. The highest BCUT2D eigenvalue weighted by Crippen LogP contribution is 2.28. The van der Waals surface area contributed by atoms with E-state index in [9.17, 15) is 5.11 Å². The van der Waals surface area contributed by atoms with E-state index in [0.717, 1.165) is 11.3 Å². The normalized spacial score (nSPS) is 12.4. The van der Waals surface area contributed by atoms with Crippen molar-refractivity contribution < 1.29 is 19.0 Å². The zero-order chi connectivity index (χ0) is 15.9. The molecule has 1 heterocycles. The third kappa shape index (κ3) is 4.51. The highest BCUT2D eigenvalue weighted by Gasteiger charge is 2.13. The molecule has 0 aliphatic carbocycles. The maximum atomic E-state index is 9.70. The fraction of sp³-hybridized carbons (Fsp3) is 0.412. The van der Waals surface area contributed by atoms with Crippen molar-refractivity contribution in [2.24, 2.45) is 0 Å². The van der Waals surface area contributed by atoms with Gasteiger partial charge in [-0.3, -0.25) is 4.90 Å². The molecule has 1 aromatic carbocycles. The summed E-state index contributed by atoms with van der Waals surface area (Å²) >= 11 is 0. The van der Waals surface area contributed by atoms with Crippen molar-refractivity contribution in [1.82, 2.24) is 4.90 Å². The minimum atomic E-state index is -0.407. The largest absolute Gasteiger partial charge is 0.493 e. The molecule has 5 heteroatoms. The summed E-state index contributed by atoms with van der Waals surface area (Å²) in [6, 6.07) is 9.64. The highest BCUT2D eigenvalue weighted by atomic mass is 16.5. The lowest BCUT2D eigenvalue weighted by Crippen LogP contribution is -2.30. The Labute approximate surface area is 131 Å². The summed E-state index contributed by atoms with van der Waals surface area (Å²) in [4.78, 5) is 2.13. The first kappa shape index (κ1) is 16.4. The topological polar surface area (TPSA) is 55.1 Å². The van der Waals surface area contributed by atoms with Gasteiger partial charge in [-0.05, 0) is 36.8 Å². The average molecular weight is 305 g/mol. The Bertz CT molecular complexity index is 566. The number of nitrogens with zero attached hydrogens (tertiary/aromatic N) is 1. The van der Waals surface area contributed by atoms with Gasteiger partial charge in [0, 0.05) is 13.1 Å². The highest BCUT2D eigenvalue weighted by molar-refractivity contribution is 5.42. The number of hydrogen-bond donors (Lipinski definition) is 1. The molecule has 2 aromatic rings. The molecule has 1 aromatic heterocycles. The molecule has 1 N–H and O–H groups in total. The van der Waals surface area contributed by atoms with Crippen molar-refractivity contribution in [3.63, 3.8) is 0 Å². The molecule has 0 saturated carbocycles. The van der Waals surface area contributed by atoms with Crippen LogP contribution in [0.2, 0.25) is 0 Å². The van der Waals surface area contributed by atoms with Crippen molar-refractivity contribution in [3.05, 3.63) is 47.9 Å². The van der Waals surface area contributed by atoms with Crippen LogP contribution in [0.25, 0.3) is 0 Å². The Kier molecular flexibility index (Phi) is 5.86. The van der Waals surface area contributed by atoms with E-state index in [0.29, 0.717) is 31.1 Å². The predicted octanol–water partition coefficient (Wildman–Crippen LogP) is 2.68. The Balaban J connectivity index is 2.12. The van der Waals surface area contributed by atoms with Crippen LogP contribution in [0.15, 0.2) is 41.0 Å². The van der Waals surface area contributed by atoms with Gasteiger partial charge in [-0.15, -0.1) is 0 Å². The first-order valence-corrected chi connectivity index (χ1v) is 7.26. The van der Waals surface area contributed by atoms with Gasteiger partial charge in [0.25, 0.3) is 0 Å². The van der Waals surface area contributed by atoms with E-state index in [2.05, 4.69) is 4.90 Å². The van der Waals surface area contributed by atoms with Crippen LogP contribution in [0, 0.1) is 0 Å². The molecule has 0 bridgehead atoms. The molecule has 5 nitrogen and oxygen atoms in total. The quantitative estimate of drug-likeness (QED) is 0.812. The second kappa shape index (κ2) is 7.87. The number of methoxy groups -OCH3 is 2. The molecule has 0 amide bonds. The van der Waals surface area contributed by atoms with Crippen LogP contribution < -0.4 is 9.47 Å². The third-order valence-electron chi connectivity index (χ3n) is 3.34. The molecule has 0 saturated heterocycles. The molecule has 0 radical (unpaired) electrons. The summed E-state index contributed by atoms with van der Waals surface area (Å²) in [6.45, 7) is 3.68. The van der Waals surface area contributed by atoms with E-state index in [1.807, 2.05) is 30.3 Å². The van der Waals surface area contributed by atoms with Gasteiger partial charge in [-0.25, -0.2) is 0 Å². The number of ether oxygens (including phenoxy) is 2. The fourth-order valence-electron chi connectivity index (χ4n) is 2.42. The second-order valence-corrected chi connectivity index (χ2v) is 5.29. The van der Waals surface area contributed by atoms with E-state index in [1.165, 1.54) is 0 Å². The van der Waals surface area contributed by atoms with E-state index in [1.54, 1.807) is 27.4 Å². The van der Waals surface area contributed by atoms with Crippen molar-refractivity contribution in [2.45, 2.75) is 26.1 Å². The summed E-state index contributed by atoms with van der Waals surface area (Å²) in [6.07, 6.45) is 1.25. The zero-order valence-electron chi connectivity index (χ0n) is 13.3. The molecule has 1 atom stereocenters. The van der Waals surface area contributed by atoms with Gasteiger partial charge in [0.15, 0.2) is 11.5 Å². The molecule has 1 unspecified atom stereocenters. The number of furan rings is 1. The molecule has 120 valence electrons. The second-order valence-electron chi connectivity index (χ2n) is 5.29. The van der Waals surface area contributed by atoms with Crippen LogP contribution >= 0.6 is 0 Å². The standard InChI is InChI=1S/C17H23NO4/c1-13(19)10-18(12-15-5-4-8-22-15)11-14-6-7-16(20-2)17(9-14)21-3/h4-9,13,19H,10-12H2,1-3H3.